The Morgan fingerprint density at radius 2 is 1.68 bits per heavy atom. The van der Waals surface area contributed by atoms with Crippen molar-refractivity contribution in [2.75, 3.05) is 49.1 Å². The first-order valence-corrected chi connectivity index (χ1v) is 9.36. The molecule has 3 rings (SSSR count). The first-order valence-electron chi connectivity index (χ1n) is 9.36. The highest BCUT2D eigenvalue weighted by molar-refractivity contribution is 5.68. The highest BCUT2D eigenvalue weighted by Crippen LogP contribution is 2.22. The molecule has 0 aromatic carbocycles. The van der Waals surface area contributed by atoms with E-state index in [0.29, 0.717) is 6.54 Å². The van der Waals surface area contributed by atoms with Crippen LogP contribution in [0, 0.1) is 0 Å². The molecular weight excluding hydrogens is 316 g/mol. The molecule has 0 saturated carbocycles. The fourth-order valence-electron chi connectivity index (χ4n) is 3.38. The minimum absolute atomic E-state index is 0.211. The molecule has 2 fully saturated rings. The summed E-state index contributed by atoms with van der Waals surface area (Å²) in [5, 5.41) is 0. The molecule has 138 valence electrons. The van der Waals surface area contributed by atoms with Gasteiger partial charge in [0.05, 0.1) is 11.9 Å². The number of hydrogen-bond donors (Lipinski definition) is 0. The first-order chi connectivity index (χ1) is 11.9. The molecule has 25 heavy (non-hydrogen) atoms. The second-order valence-electron chi connectivity index (χ2n) is 7.88. The van der Waals surface area contributed by atoms with Crippen LogP contribution < -0.4 is 9.80 Å². The van der Waals surface area contributed by atoms with E-state index in [1.807, 2.05) is 31.9 Å². The van der Waals surface area contributed by atoms with Crippen molar-refractivity contribution in [2.45, 2.75) is 45.6 Å². The van der Waals surface area contributed by atoms with E-state index in [9.17, 15) is 4.79 Å². The van der Waals surface area contributed by atoms with Gasteiger partial charge in [-0.3, -0.25) is 0 Å². The topological polar surface area (TPSA) is 48.9 Å². The summed E-state index contributed by atoms with van der Waals surface area (Å²) in [6, 6.07) is 4.28. The number of carbonyl (C=O) groups excluding carboxylic acids is 1. The molecule has 1 amide bonds. The third-order valence-electron chi connectivity index (χ3n) is 4.68. The van der Waals surface area contributed by atoms with Gasteiger partial charge in [0.15, 0.2) is 0 Å². The fourth-order valence-corrected chi connectivity index (χ4v) is 3.38. The van der Waals surface area contributed by atoms with Gasteiger partial charge < -0.3 is 19.4 Å². The number of rotatable bonds is 2. The largest absolute Gasteiger partial charge is 0.444 e. The Morgan fingerprint density at radius 1 is 0.960 bits per heavy atom. The average Bonchev–Trinajstić information content (AvgIpc) is 2.98. The molecule has 6 heteroatoms. The lowest BCUT2D eigenvalue weighted by atomic mass is 10.2. The van der Waals surface area contributed by atoms with Gasteiger partial charge in [0.1, 0.15) is 11.4 Å². The van der Waals surface area contributed by atoms with Crippen molar-refractivity contribution in [1.29, 1.82) is 0 Å². The quantitative estimate of drug-likeness (QED) is 0.823. The van der Waals surface area contributed by atoms with Gasteiger partial charge in [-0.25, -0.2) is 9.78 Å². The zero-order valence-corrected chi connectivity index (χ0v) is 15.7. The van der Waals surface area contributed by atoms with Crippen LogP contribution in [0.5, 0.6) is 0 Å². The molecule has 0 aliphatic carbocycles. The predicted molar refractivity (Wildman–Crippen MR) is 100 cm³/mol. The van der Waals surface area contributed by atoms with Gasteiger partial charge in [0, 0.05) is 39.3 Å². The number of pyridine rings is 1. The van der Waals surface area contributed by atoms with Crippen LogP contribution in [0.2, 0.25) is 0 Å². The molecule has 0 unspecified atom stereocenters. The molecule has 2 aliphatic heterocycles. The standard InChI is InChI=1S/C19H30N4O2/c1-19(2,3)25-18(24)23-12-6-11-21(13-14-23)16-7-8-17(20-15-16)22-9-4-5-10-22/h7-8,15H,4-6,9-14H2,1-3H3. The summed E-state index contributed by atoms with van der Waals surface area (Å²) in [6.45, 7) is 11.1. The molecule has 0 bridgehead atoms. The van der Waals surface area contributed by atoms with Gasteiger partial charge >= 0.3 is 6.09 Å². The maximum atomic E-state index is 12.3. The van der Waals surface area contributed by atoms with Crippen molar-refractivity contribution in [2.24, 2.45) is 0 Å². The Bertz CT molecular complexity index is 576. The SMILES string of the molecule is CC(C)(C)OC(=O)N1CCCN(c2ccc(N3CCCC3)nc2)CC1. The van der Waals surface area contributed by atoms with Crippen LogP contribution in [0.3, 0.4) is 0 Å². The number of carbonyl (C=O) groups is 1. The number of aromatic nitrogens is 1. The molecule has 0 atom stereocenters. The van der Waals surface area contributed by atoms with Gasteiger partial charge in [-0.1, -0.05) is 0 Å². The number of hydrogen-bond acceptors (Lipinski definition) is 5. The van der Waals surface area contributed by atoms with E-state index in [1.54, 1.807) is 0 Å². The highest BCUT2D eigenvalue weighted by Gasteiger charge is 2.24. The van der Waals surface area contributed by atoms with E-state index in [0.717, 1.165) is 50.6 Å². The fraction of sp³-hybridized carbons (Fsp3) is 0.684. The molecule has 3 heterocycles. The van der Waals surface area contributed by atoms with E-state index >= 15 is 0 Å². The van der Waals surface area contributed by atoms with Gasteiger partial charge in [-0.15, -0.1) is 0 Å². The number of amides is 1. The first kappa shape index (κ1) is 17.8. The van der Waals surface area contributed by atoms with Crippen LogP contribution in [-0.4, -0.2) is 60.8 Å². The molecule has 0 radical (unpaired) electrons. The Kier molecular flexibility index (Phi) is 5.35. The Balaban J connectivity index is 1.58. The summed E-state index contributed by atoms with van der Waals surface area (Å²) in [4.78, 5) is 23.4. The minimum atomic E-state index is -0.446. The van der Waals surface area contributed by atoms with Gasteiger partial charge in [0.2, 0.25) is 0 Å². The van der Waals surface area contributed by atoms with Gasteiger partial charge in [-0.05, 0) is 52.2 Å². The van der Waals surface area contributed by atoms with E-state index in [1.165, 1.54) is 12.8 Å². The monoisotopic (exact) mass is 346 g/mol. The molecule has 1 aromatic heterocycles. The van der Waals surface area contributed by atoms with E-state index in [2.05, 4.69) is 26.9 Å². The second-order valence-corrected chi connectivity index (χ2v) is 7.88. The highest BCUT2D eigenvalue weighted by atomic mass is 16.6. The van der Waals surface area contributed by atoms with Crippen molar-refractivity contribution in [3.63, 3.8) is 0 Å². The Labute approximate surface area is 150 Å². The lowest BCUT2D eigenvalue weighted by Gasteiger charge is -2.27. The third kappa shape index (κ3) is 4.77. The number of anilines is 2. The molecule has 0 N–H and O–H groups in total. The van der Waals surface area contributed by atoms with E-state index in [-0.39, 0.29) is 6.09 Å². The summed E-state index contributed by atoms with van der Waals surface area (Å²) in [6.07, 6.45) is 5.22. The summed E-state index contributed by atoms with van der Waals surface area (Å²) in [5.41, 5.74) is 0.687. The van der Waals surface area contributed by atoms with Crippen molar-refractivity contribution in [3.05, 3.63) is 18.3 Å². The summed E-state index contributed by atoms with van der Waals surface area (Å²) >= 11 is 0. The summed E-state index contributed by atoms with van der Waals surface area (Å²) < 4.78 is 5.50. The van der Waals surface area contributed by atoms with Gasteiger partial charge in [-0.2, -0.15) is 0 Å². The smallest absolute Gasteiger partial charge is 0.410 e. The van der Waals surface area contributed by atoms with Crippen molar-refractivity contribution >= 4 is 17.6 Å². The van der Waals surface area contributed by atoms with Crippen LogP contribution in [0.1, 0.15) is 40.0 Å². The van der Waals surface area contributed by atoms with Crippen molar-refractivity contribution < 1.29 is 9.53 Å². The maximum Gasteiger partial charge on any atom is 0.410 e. The van der Waals surface area contributed by atoms with Crippen LogP contribution in [-0.2, 0) is 4.74 Å². The normalized spacial score (nSPS) is 19.1. The zero-order chi connectivity index (χ0) is 17.9. The predicted octanol–water partition coefficient (Wildman–Crippen LogP) is 3.13. The van der Waals surface area contributed by atoms with E-state index in [4.69, 9.17) is 4.74 Å². The molecule has 6 nitrogen and oxygen atoms in total. The van der Waals surface area contributed by atoms with Crippen LogP contribution >= 0.6 is 0 Å². The molecule has 0 spiro atoms. The van der Waals surface area contributed by atoms with E-state index < -0.39 is 5.60 Å². The maximum absolute atomic E-state index is 12.3. The molecule has 2 aliphatic rings. The van der Waals surface area contributed by atoms with Gasteiger partial charge in [0.25, 0.3) is 0 Å². The van der Waals surface area contributed by atoms with Crippen molar-refractivity contribution in [3.8, 4) is 0 Å². The average molecular weight is 346 g/mol. The van der Waals surface area contributed by atoms with Crippen LogP contribution in [0.25, 0.3) is 0 Å². The Hall–Kier alpha value is -1.98. The molecular formula is C19H30N4O2. The number of nitrogens with zero attached hydrogens (tertiary/aromatic N) is 4. The minimum Gasteiger partial charge on any atom is -0.444 e. The summed E-state index contributed by atoms with van der Waals surface area (Å²) in [7, 11) is 0. The zero-order valence-electron chi connectivity index (χ0n) is 15.7. The second kappa shape index (κ2) is 7.50. The molecule has 2 saturated heterocycles. The molecule has 1 aromatic rings. The number of ether oxygens (including phenoxy) is 1. The third-order valence-corrected chi connectivity index (χ3v) is 4.68. The summed E-state index contributed by atoms with van der Waals surface area (Å²) in [5.74, 6) is 1.08. The van der Waals surface area contributed by atoms with Crippen molar-refractivity contribution in [1.82, 2.24) is 9.88 Å². The Morgan fingerprint density at radius 3 is 2.32 bits per heavy atom. The van der Waals surface area contributed by atoms with Crippen LogP contribution in [0.15, 0.2) is 18.3 Å². The lowest BCUT2D eigenvalue weighted by Crippen LogP contribution is -2.39. The van der Waals surface area contributed by atoms with Crippen LogP contribution in [0.4, 0.5) is 16.3 Å². The lowest BCUT2D eigenvalue weighted by molar-refractivity contribution is 0.0263.